The third-order valence-corrected chi connectivity index (χ3v) is 7.28. The first kappa shape index (κ1) is 24.6. The molecular weight excluding hydrogens is 442 g/mol. The third kappa shape index (κ3) is 5.59. The molecule has 34 heavy (non-hydrogen) atoms. The summed E-state index contributed by atoms with van der Waals surface area (Å²) in [5, 5.41) is 0. The minimum Gasteiger partial charge on any atom is -0.497 e. The van der Waals surface area contributed by atoms with Gasteiger partial charge in [-0.15, -0.1) is 12.4 Å². The first-order chi connectivity index (χ1) is 16.3. The molecule has 1 heterocycles. The molecule has 0 bridgehead atoms. The maximum atomic E-state index is 6.08. The molecule has 180 valence electrons. The molecule has 1 aliphatic heterocycles. The highest BCUT2D eigenvalue weighted by molar-refractivity contribution is 5.85. The second-order valence-electron chi connectivity index (χ2n) is 9.36. The Kier molecular flexibility index (Phi) is 8.53. The van der Waals surface area contributed by atoms with E-state index in [0.717, 1.165) is 24.7 Å². The Balaban J connectivity index is 0.00000274. The van der Waals surface area contributed by atoms with Crippen LogP contribution in [0.15, 0.2) is 66.7 Å². The molecule has 1 atom stereocenters. The van der Waals surface area contributed by atoms with Gasteiger partial charge in [0.25, 0.3) is 0 Å². The zero-order valence-electron chi connectivity index (χ0n) is 20.2. The molecule has 3 aromatic carbocycles. The van der Waals surface area contributed by atoms with Crippen molar-refractivity contribution in [3.05, 3.63) is 94.5 Å². The van der Waals surface area contributed by atoms with Gasteiger partial charge in [0.1, 0.15) is 18.1 Å². The lowest BCUT2D eigenvalue weighted by molar-refractivity contribution is 0.238. The van der Waals surface area contributed by atoms with E-state index in [1.807, 2.05) is 0 Å². The van der Waals surface area contributed by atoms with Crippen LogP contribution in [0.5, 0.6) is 11.5 Å². The molecule has 0 spiro atoms. The summed E-state index contributed by atoms with van der Waals surface area (Å²) in [6.07, 6.45) is 7.60. The number of halogens is 1. The highest BCUT2D eigenvalue weighted by Crippen LogP contribution is 2.38. The predicted molar refractivity (Wildman–Crippen MR) is 142 cm³/mol. The lowest BCUT2D eigenvalue weighted by Gasteiger charge is -2.26. The maximum Gasteiger partial charge on any atom is 0.119 e. The van der Waals surface area contributed by atoms with Crippen molar-refractivity contribution in [3.63, 3.8) is 0 Å². The van der Waals surface area contributed by atoms with Crippen LogP contribution in [0.3, 0.4) is 0 Å². The van der Waals surface area contributed by atoms with E-state index in [4.69, 9.17) is 9.47 Å². The van der Waals surface area contributed by atoms with Gasteiger partial charge in [-0.25, -0.2) is 0 Å². The van der Waals surface area contributed by atoms with Crippen LogP contribution in [-0.2, 0) is 12.8 Å². The van der Waals surface area contributed by atoms with Gasteiger partial charge in [-0.05, 0) is 104 Å². The summed E-state index contributed by atoms with van der Waals surface area (Å²) >= 11 is 0. The quantitative estimate of drug-likeness (QED) is 0.339. The largest absolute Gasteiger partial charge is 0.497 e. The summed E-state index contributed by atoms with van der Waals surface area (Å²) in [5.74, 6) is 2.07. The summed E-state index contributed by atoms with van der Waals surface area (Å²) < 4.78 is 11.5. The van der Waals surface area contributed by atoms with Crippen LogP contribution in [0.1, 0.15) is 59.4 Å². The third-order valence-electron chi connectivity index (χ3n) is 7.28. The first-order valence-corrected chi connectivity index (χ1v) is 12.5. The van der Waals surface area contributed by atoms with Gasteiger partial charge in [0.05, 0.1) is 7.11 Å². The van der Waals surface area contributed by atoms with Crippen molar-refractivity contribution in [2.75, 3.05) is 33.4 Å². The molecule has 3 aromatic rings. The van der Waals surface area contributed by atoms with Crippen molar-refractivity contribution in [3.8, 4) is 11.5 Å². The first-order valence-electron chi connectivity index (χ1n) is 12.5. The number of fused-ring (bicyclic) bond motifs is 1. The van der Waals surface area contributed by atoms with Crippen LogP contribution in [0, 0.1) is 0 Å². The minimum atomic E-state index is 0. The van der Waals surface area contributed by atoms with E-state index in [1.165, 1.54) is 73.9 Å². The fourth-order valence-corrected chi connectivity index (χ4v) is 5.48. The Hall–Kier alpha value is -2.49. The van der Waals surface area contributed by atoms with Crippen molar-refractivity contribution in [1.82, 2.24) is 4.90 Å². The van der Waals surface area contributed by atoms with E-state index in [9.17, 15) is 0 Å². The highest BCUT2D eigenvalue weighted by atomic mass is 35.5. The topological polar surface area (TPSA) is 21.7 Å². The molecule has 5 rings (SSSR count). The number of aryl methyl sites for hydroxylation is 1. The highest BCUT2D eigenvalue weighted by Gasteiger charge is 2.23. The predicted octanol–water partition coefficient (Wildman–Crippen LogP) is 6.65. The Bertz CT molecular complexity index is 1040. The normalized spacial score (nSPS) is 16.4. The van der Waals surface area contributed by atoms with Crippen molar-refractivity contribution in [2.45, 2.75) is 44.4 Å². The molecule has 1 unspecified atom stereocenters. The van der Waals surface area contributed by atoms with Crippen molar-refractivity contribution in [1.29, 1.82) is 0 Å². The number of rotatable bonds is 8. The van der Waals surface area contributed by atoms with Gasteiger partial charge in [0.2, 0.25) is 0 Å². The van der Waals surface area contributed by atoms with E-state index in [0.29, 0.717) is 0 Å². The van der Waals surface area contributed by atoms with E-state index < -0.39 is 0 Å². The van der Waals surface area contributed by atoms with Gasteiger partial charge >= 0.3 is 0 Å². The lowest BCUT2D eigenvalue weighted by atomic mass is 9.78. The summed E-state index contributed by atoms with van der Waals surface area (Å²) in [6, 6.07) is 24.3. The van der Waals surface area contributed by atoms with Crippen LogP contribution in [0.4, 0.5) is 0 Å². The van der Waals surface area contributed by atoms with E-state index >= 15 is 0 Å². The van der Waals surface area contributed by atoms with E-state index in [1.54, 1.807) is 12.7 Å². The number of nitrogens with zero attached hydrogens (tertiary/aromatic N) is 1. The fourth-order valence-electron chi connectivity index (χ4n) is 5.48. The van der Waals surface area contributed by atoms with Crippen LogP contribution in [0.2, 0.25) is 0 Å². The minimum absolute atomic E-state index is 0. The van der Waals surface area contributed by atoms with E-state index in [2.05, 4.69) is 71.6 Å². The molecule has 0 amide bonds. The SMILES string of the molecule is COc1ccc(C(c2ccc(OCCN3CCCC3)cc2)c2cccc3c2CCCC3)cc1.Cl. The molecule has 1 saturated heterocycles. The van der Waals surface area contributed by atoms with Gasteiger partial charge in [-0.2, -0.15) is 0 Å². The fraction of sp³-hybridized carbons (Fsp3) is 0.400. The number of ether oxygens (including phenoxy) is 2. The Morgan fingerprint density at radius 1 is 0.765 bits per heavy atom. The second-order valence-corrected chi connectivity index (χ2v) is 9.36. The van der Waals surface area contributed by atoms with Crippen molar-refractivity contribution in [2.24, 2.45) is 0 Å². The average molecular weight is 478 g/mol. The molecular formula is C30H36ClNO2. The number of hydrogen-bond acceptors (Lipinski definition) is 3. The number of hydrogen-bond donors (Lipinski definition) is 0. The molecule has 3 nitrogen and oxygen atoms in total. The summed E-state index contributed by atoms with van der Waals surface area (Å²) in [7, 11) is 1.72. The molecule has 0 saturated carbocycles. The summed E-state index contributed by atoms with van der Waals surface area (Å²) in [5.41, 5.74) is 7.14. The molecule has 4 heteroatoms. The van der Waals surface area contributed by atoms with Gasteiger partial charge in [-0.1, -0.05) is 42.5 Å². The lowest BCUT2D eigenvalue weighted by Crippen LogP contribution is -2.25. The summed E-state index contributed by atoms with van der Waals surface area (Å²) in [4.78, 5) is 2.49. The molecule has 0 aromatic heterocycles. The zero-order valence-corrected chi connectivity index (χ0v) is 21.0. The van der Waals surface area contributed by atoms with Crippen molar-refractivity contribution < 1.29 is 9.47 Å². The Morgan fingerprint density at radius 3 is 2.09 bits per heavy atom. The average Bonchev–Trinajstić information content (AvgIpc) is 3.39. The van der Waals surface area contributed by atoms with Crippen molar-refractivity contribution >= 4 is 12.4 Å². The van der Waals surface area contributed by atoms with Crippen LogP contribution in [0.25, 0.3) is 0 Å². The van der Waals surface area contributed by atoms with Crippen LogP contribution >= 0.6 is 12.4 Å². The number of likely N-dealkylation sites (tertiary alicyclic amines) is 1. The molecule has 1 aliphatic carbocycles. The Morgan fingerprint density at radius 2 is 1.41 bits per heavy atom. The maximum absolute atomic E-state index is 6.08. The smallest absolute Gasteiger partial charge is 0.119 e. The molecule has 0 radical (unpaired) electrons. The second kappa shape index (κ2) is 11.8. The van der Waals surface area contributed by atoms with Gasteiger partial charge in [0.15, 0.2) is 0 Å². The molecule has 1 fully saturated rings. The standard InChI is InChI=1S/C30H35NO2.ClH/c1-32-26-15-11-24(12-16-26)30(29-10-6-8-23-7-2-3-9-28(23)29)25-13-17-27(18-14-25)33-22-21-31-19-4-5-20-31;/h6,8,10-18,30H,2-5,7,9,19-22H2,1H3;1H. The number of methoxy groups -OCH3 is 1. The van der Waals surface area contributed by atoms with Crippen LogP contribution in [-0.4, -0.2) is 38.3 Å². The van der Waals surface area contributed by atoms with Gasteiger partial charge < -0.3 is 9.47 Å². The van der Waals surface area contributed by atoms with Crippen LogP contribution < -0.4 is 9.47 Å². The van der Waals surface area contributed by atoms with Gasteiger partial charge in [0, 0.05) is 12.5 Å². The molecule has 2 aliphatic rings. The van der Waals surface area contributed by atoms with E-state index in [-0.39, 0.29) is 18.3 Å². The monoisotopic (exact) mass is 477 g/mol. The summed E-state index contributed by atoms with van der Waals surface area (Å²) in [6.45, 7) is 4.21. The van der Waals surface area contributed by atoms with Gasteiger partial charge in [-0.3, -0.25) is 4.90 Å². The molecule has 0 N–H and O–H groups in total. The number of benzene rings is 3. The Labute approximate surface area is 210 Å². The zero-order chi connectivity index (χ0) is 22.5.